The van der Waals surface area contributed by atoms with Gasteiger partial charge in [-0.3, -0.25) is 0 Å². The van der Waals surface area contributed by atoms with Gasteiger partial charge in [-0.15, -0.1) is 0 Å². The fourth-order valence-electron chi connectivity index (χ4n) is 2.84. The van der Waals surface area contributed by atoms with Crippen molar-refractivity contribution >= 4 is 11.8 Å². The average molecular weight is 232 g/mol. The molecule has 0 radical (unpaired) electrons. The molecule has 3 rings (SSSR count). The Morgan fingerprint density at radius 2 is 2.06 bits per heavy atom. The Hall–Kier alpha value is -1.35. The van der Waals surface area contributed by atoms with E-state index >= 15 is 0 Å². The number of aryl methyl sites for hydroxylation is 1. The quantitative estimate of drug-likeness (QED) is 0.692. The Labute approximate surface area is 101 Å². The number of hydrogen-bond acceptors (Lipinski definition) is 2. The van der Waals surface area contributed by atoms with Crippen molar-refractivity contribution in [3.63, 3.8) is 0 Å². The molecule has 0 saturated carbocycles. The SMILES string of the molecule is Cc1cccc2c1N(F)C1(C=C2)CCNCC1. The van der Waals surface area contributed by atoms with Crippen molar-refractivity contribution in [1.29, 1.82) is 0 Å². The van der Waals surface area contributed by atoms with Gasteiger partial charge in [0.05, 0.1) is 11.2 Å². The molecule has 17 heavy (non-hydrogen) atoms. The van der Waals surface area contributed by atoms with Crippen molar-refractivity contribution in [3.8, 4) is 0 Å². The van der Waals surface area contributed by atoms with Crippen LogP contribution < -0.4 is 10.4 Å². The molecule has 0 bridgehead atoms. The fraction of sp³-hybridized carbons (Fsp3) is 0.429. The van der Waals surface area contributed by atoms with Crippen LogP contribution >= 0.6 is 0 Å². The van der Waals surface area contributed by atoms with Gasteiger partial charge in [0.1, 0.15) is 0 Å². The Morgan fingerprint density at radius 3 is 2.82 bits per heavy atom. The van der Waals surface area contributed by atoms with Crippen LogP contribution in [-0.4, -0.2) is 18.6 Å². The highest BCUT2D eigenvalue weighted by Gasteiger charge is 2.40. The second kappa shape index (κ2) is 3.84. The summed E-state index contributed by atoms with van der Waals surface area (Å²) in [5, 5.41) is 4.29. The minimum atomic E-state index is -0.426. The Kier molecular flexibility index (Phi) is 2.44. The largest absolute Gasteiger partial charge is 0.317 e. The predicted molar refractivity (Wildman–Crippen MR) is 68.6 cm³/mol. The number of halogens is 1. The average Bonchev–Trinajstić information content (AvgIpc) is 2.36. The monoisotopic (exact) mass is 232 g/mol. The van der Waals surface area contributed by atoms with E-state index in [1.807, 2.05) is 31.2 Å². The fourth-order valence-corrected chi connectivity index (χ4v) is 2.84. The minimum absolute atomic E-state index is 0.426. The molecule has 0 unspecified atom stereocenters. The lowest BCUT2D eigenvalue weighted by molar-refractivity contribution is 0.245. The van der Waals surface area contributed by atoms with Crippen molar-refractivity contribution in [2.45, 2.75) is 25.3 Å². The van der Waals surface area contributed by atoms with E-state index < -0.39 is 5.54 Å². The van der Waals surface area contributed by atoms with Gasteiger partial charge in [0.25, 0.3) is 0 Å². The highest BCUT2D eigenvalue weighted by atomic mass is 19.2. The molecule has 0 atom stereocenters. The second-order valence-electron chi connectivity index (χ2n) is 4.98. The van der Waals surface area contributed by atoms with Gasteiger partial charge in [0.15, 0.2) is 0 Å². The van der Waals surface area contributed by atoms with E-state index in [4.69, 9.17) is 0 Å². The number of piperidine rings is 1. The molecule has 0 aliphatic carbocycles. The van der Waals surface area contributed by atoms with E-state index in [0.717, 1.165) is 47.9 Å². The van der Waals surface area contributed by atoms with E-state index in [1.54, 1.807) is 0 Å². The molecule has 2 heterocycles. The highest BCUT2D eigenvalue weighted by molar-refractivity contribution is 5.75. The zero-order valence-electron chi connectivity index (χ0n) is 10.0. The molecular formula is C14H17FN2. The van der Waals surface area contributed by atoms with E-state index in [9.17, 15) is 4.48 Å². The summed E-state index contributed by atoms with van der Waals surface area (Å²) in [7, 11) is 0. The summed E-state index contributed by atoms with van der Waals surface area (Å²) in [6.45, 7) is 3.73. The first-order valence-corrected chi connectivity index (χ1v) is 6.19. The van der Waals surface area contributed by atoms with Gasteiger partial charge in [-0.25, -0.2) is 5.12 Å². The van der Waals surface area contributed by atoms with Crippen LogP contribution in [0.2, 0.25) is 0 Å². The van der Waals surface area contributed by atoms with Crippen LogP contribution in [-0.2, 0) is 0 Å². The lowest BCUT2D eigenvalue weighted by atomic mass is 9.83. The van der Waals surface area contributed by atoms with Crippen LogP contribution in [0.3, 0.4) is 0 Å². The van der Waals surface area contributed by atoms with Gasteiger partial charge in [-0.2, -0.15) is 0 Å². The van der Waals surface area contributed by atoms with Crippen molar-refractivity contribution in [1.82, 2.24) is 5.32 Å². The van der Waals surface area contributed by atoms with Crippen molar-refractivity contribution in [2.75, 3.05) is 18.2 Å². The third-order valence-corrected chi connectivity index (χ3v) is 3.90. The number of anilines is 1. The molecule has 2 aliphatic heterocycles. The normalized spacial score (nSPS) is 21.6. The molecule has 1 N–H and O–H groups in total. The third-order valence-electron chi connectivity index (χ3n) is 3.90. The maximum Gasteiger partial charge on any atom is 0.0931 e. The van der Waals surface area contributed by atoms with Gasteiger partial charge in [0.2, 0.25) is 0 Å². The molecule has 3 heteroatoms. The number of hydrogen-bond donors (Lipinski definition) is 1. The molecule has 1 saturated heterocycles. The van der Waals surface area contributed by atoms with Crippen molar-refractivity contribution in [2.24, 2.45) is 0 Å². The first-order chi connectivity index (χ1) is 8.23. The Balaban J connectivity index is 2.07. The number of benzene rings is 1. The maximum atomic E-state index is 14.7. The van der Waals surface area contributed by atoms with Crippen molar-refractivity contribution in [3.05, 3.63) is 35.4 Å². The van der Waals surface area contributed by atoms with Crippen molar-refractivity contribution < 1.29 is 4.48 Å². The van der Waals surface area contributed by atoms with Crippen LogP contribution in [0.4, 0.5) is 10.2 Å². The van der Waals surface area contributed by atoms with Crippen LogP contribution in [0.25, 0.3) is 6.08 Å². The van der Waals surface area contributed by atoms with Gasteiger partial charge in [-0.1, -0.05) is 34.8 Å². The van der Waals surface area contributed by atoms with Crippen LogP contribution in [0.15, 0.2) is 24.3 Å². The smallest absolute Gasteiger partial charge is 0.0931 e. The summed E-state index contributed by atoms with van der Waals surface area (Å²) in [4.78, 5) is 0. The topological polar surface area (TPSA) is 15.3 Å². The number of fused-ring (bicyclic) bond motifs is 1. The van der Waals surface area contributed by atoms with E-state index in [1.165, 1.54) is 0 Å². The Bertz CT molecular complexity index is 461. The number of para-hydroxylation sites is 1. The van der Waals surface area contributed by atoms with E-state index in [2.05, 4.69) is 11.4 Å². The molecule has 2 aliphatic rings. The molecule has 1 aromatic rings. The molecule has 0 aromatic heterocycles. The molecule has 2 nitrogen and oxygen atoms in total. The lowest BCUT2D eigenvalue weighted by Gasteiger charge is -2.43. The predicted octanol–water partition coefficient (Wildman–Crippen LogP) is 2.83. The number of nitrogens with zero attached hydrogens (tertiary/aromatic N) is 1. The number of rotatable bonds is 0. The maximum absolute atomic E-state index is 14.7. The standard InChI is InChI=1S/C14H17FN2/c1-11-3-2-4-12-5-6-14(17(15)13(11)12)7-9-16-10-8-14/h2-6,16H,7-10H2,1H3. The summed E-state index contributed by atoms with van der Waals surface area (Å²) in [6.07, 6.45) is 5.76. The first kappa shape index (κ1) is 10.8. The molecular weight excluding hydrogens is 215 g/mol. The van der Waals surface area contributed by atoms with Crippen LogP contribution in [0.1, 0.15) is 24.0 Å². The van der Waals surface area contributed by atoms with Gasteiger partial charge >= 0.3 is 0 Å². The molecule has 1 aromatic carbocycles. The zero-order chi connectivity index (χ0) is 11.9. The third kappa shape index (κ3) is 1.57. The summed E-state index contributed by atoms with van der Waals surface area (Å²) >= 11 is 0. The van der Waals surface area contributed by atoms with E-state index in [-0.39, 0.29) is 0 Å². The molecule has 1 fully saturated rings. The molecule has 90 valence electrons. The molecule has 1 spiro atoms. The van der Waals surface area contributed by atoms with Gasteiger partial charge < -0.3 is 5.32 Å². The lowest BCUT2D eigenvalue weighted by Crippen LogP contribution is -2.51. The summed E-state index contributed by atoms with van der Waals surface area (Å²) in [6, 6.07) is 5.92. The van der Waals surface area contributed by atoms with E-state index in [0.29, 0.717) is 0 Å². The summed E-state index contributed by atoms with van der Waals surface area (Å²) in [5.74, 6) is 0. The summed E-state index contributed by atoms with van der Waals surface area (Å²) in [5.41, 5.74) is 2.31. The van der Waals surface area contributed by atoms with Gasteiger partial charge in [-0.05, 0) is 38.4 Å². The zero-order valence-corrected chi connectivity index (χ0v) is 10.0. The van der Waals surface area contributed by atoms with Gasteiger partial charge in [0, 0.05) is 5.56 Å². The molecule has 0 amide bonds. The second-order valence-corrected chi connectivity index (χ2v) is 4.98. The highest BCUT2D eigenvalue weighted by Crippen LogP contribution is 2.41. The Morgan fingerprint density at radius 1 is 1.29 bits per heavy atom. The number of nitrogens with one attached hydrogen (secondary N) is 1. The first-order valence-electron chi connectivity index (χ1n) is 6.19. The summed E-state index contributed by atoms with van der Waals surface area (Å²) < 4.78 is 14.7. The van der Waals surface area contributed by atoms with Crippen LogP contribution in [0, 0.1) is 6.92 Å². The van der Waals surface area contributed by atoms with Crippen LogP contribution in [0.5, 0.6) is 0 Å². The minimum Gasteiger partial charge on any atom is -0.317 e.